The van der Waals surface area contributed by atoms with Gasteiger partial charge in [0.05, 0.1) is 6.42 Å². The van der Waals surface area contributed by atoms with Gasteiger partial charge in [0.1, 0.15) is 17.4 Å². The summed E-state index contributed by atoms with van der Waals surface area (Å²) < 4.78 is 13.1. The molecular formula is C30H40FNO4. The summed E-state index contributed by atoms with van der Waals surface area (Å²) in [6.45, 7) is 9.42. The Morgan fingerprint density at radius 3 is 2.19 bits per heavy atom. The molecule has 2 aromatic carbocycles. The van der Waals surface area contributed by atoms with Crippen molar-refractivity contribution in [2.24, 2.45) is 5.92 Å². The molecule has 0 spiro atoms. The molecule has 0 aliphatic rings. The lowest BCUT2D eigenvalue weighted by molar-refractivity contribution is -0.121. The molecule has 1 N–H and O–H groups in total. The number of anilines is 1. The predicted octanol–water partition coefficient (Wildman–Crippen LogP) is 6.91. The van der Waals surface area contributed by atoms with Crippen molar-refractivity contribution in [2.75, 3.05) is 5.32 Å². The summed E-state index contributed by atoms with van der Waals surface area (Å²) in [6.07, 6.45) is 5.13. The van der Waals surface area contributed by atoms with E-state index >= 15 is 0 Å². The lowest BCUT2D eigenvalue weighted by Crippen LogP contribution is -2.15. The smallest absolute Gasteiger partial charge is 0.228 e. The van der Waals surface area contributed by atoms with Crippen LogP contribution in [-0.4, -0.2) is 23.3 Å². The molecule has 0 bridgehead atoms. The summed E-state index contributed by atoms with van der Waals surface area (Å²) in [5, 5.41) is 2.68. The summed E-state index contributed by atoms with van der Waals surface area (Å²) in [4.78, 5) is 46.1. The maximum absolute atomic E-state index is 13.1. The number of halogens is 1. The van der Waals surface area contributed by atoms with Crippen molar-refractivity contribution in [1.29, 1.82) is 0 Å². The molecule has 1 unspecified atom stereocenters. The van der Waals surface area contributed by atoms with Crippen LogP contribution in [0, 0.1) is 11.7 Å². The zero-order valence-electron chi connectivity index (χ0n) is 22.3. The molecule has 5 nitrogen and oxygen atoms in total. The van der Waals surface area contributed by atoms with E-state index in [0.717, 1.165) is 36.0 Å². The van der Waals surface area contributed by atoms with E-state index in [-0.39, 0.29) is 41.4 Å². The normalized spacial score (nSPS) is 11.2. The van der Waals surface area contributed by atoms with Gasteiger partial charge in [-0.05, 0) is 61.9 Å². The number of hydrogen-bond donors (Lipinski definition) is 1. The van der Waals surface area contributed by atoms with Gasteiger partial charge in [0.15, 0.2) is 5.78 Å². The molecule has 0 fully saturated rings. The molecule has 2 aromatic rings. The van der Waals surface area contributed by atoms with Crippen molar-refractivity contribution in [3.63, 3.8) is 0 Å². The van der Waals surface area contributed by atoms with E-state index in [4.69, 9.17) is 0 Å². The number of Topliss-reactive ketones (excluding diaryl/α,β-unsaturated/α-hetero) is 3. The van der Waals surface area contributed by atoms with Gasteiger partial charge in [0.2, 0.25) is 5.91 Å². The summed E-state index contributed by atoms with van der Waals surface area (Å²) in [5.41, 5.74) is 2.98. The van der Waals surface area contributed by atoms with Crippen LogP contribution >= 0.6 is 0 Å². The van der Waals surface area contributed by atoms with Gasteiger partial charge in [-0.2, -0.15) is 0 Å². The number of rotatable bonds is 13. The van der Waals surface area contributed by atoms with E-state index in [1.807, 2.05) is 45.9 Å². The molecule has 2 rings (SSSR count). The second kappa shape index (κ2) is 16.5. The van der Waals surface area contributed by atoms with Gasteiger partial charge < -0.3 is 5.32 Å². The van der Waals surface area contributed by atoms with Crippen LogP contribution in [0.5, 0.6) is 0 Å². The molecule has 0 saturated heterocycles. The molecule has 0 radical (unpaired) electrons. The largest absolute Gasteiger partial charge is 0.326 e. The number of benzene rings is 2. The van der Waals surface area contributed by atoms with E-state index < -0.39 is 0 Å². The number of carbonyl (C=O) groups excluding carboxylic acids is 4. The van der Waals surface area contributed by atoms with Gasteiger partial charge in [0.25, 0.3) is 0 Å². The molecular weight excluding hydrogens is 457 g/mol. The van der Waals surface area contributed by atoms with Gasteiger partial charge in [0, 0.05) is 36.4 Å². The zero-order chi connectivity index (χ0) is 27.1. The van der Waals surface area contributed by atoms with Crippen LogP contribution in [0.3, 0.4) is 0 Å². The van der Waals surface area contributed by atoms with Gasteiger partial charge >= 0.3 is 0 Å². The first-order chi connectivity index (χ1) is 17.1. The van der Waals surface area contributed by atoms with Crippen molar-refractivity contribution in [2.45, 2.75) is 86.0 Å². The minimum absolute atomic E-state index is 0.0470. The lowest BCUT2D eigenvalue weighted by atomic mass is 9.96. The quantitative estimate of drug-likeness (QED) is 0.305. The van der Waals surface area contributed by atoms with E-state index in [1.165, 1.54) is 12.1 Å². The number of aryl methyl sites for hydroxylation is 1. The van der Waals surface area contributed by atoms with Gasteiger partial charge in [-0.25, -0.2) is 4.39 Å². The second-order valence-electron chi connectivity index (χ2n) is 9.09. The third-order valence-electron chi connectivity index (χ3n) is 5.88. The fraction of sp³-hybridized carbons (Fsp3) is 0.467. The van der Waals surface area contributed by atoms with Crippen molar-refractivity contribution in [3.05, 3.63) is 65.0 Å². The van der Waals surface area contributed by atoms with Crippen molar-refractivity contribution in [3.8, 4) is 0 Å². The Kier molecular flexibility index (Phi) is 14.2. The lowest BCUT2D eigenvalue weighted by Gasteiger charge is -2.10. The maximum Gasteiger partial charge on any atom is 0.228 e. The molecule has 0 aliphatic heterocycles. The molecule has 1 amide bonds. The molecule has 0 heterocycles. The van der Waals surface area contributed by atoms with Crippen LogP contribution in [0.1, 0.15) is 94.6 Å². The first-order valence-corrected chi connectivity index (χ1v) is 12.8. The zero-order valence-corrected chi connectivity index (χ0v) is 22.3. The highest BCUT2D eigenvalue weighted by Gasteiger charge is 2.12. The topological polar surface area (TPSA) is 80.3 Å². The van der Waals surface area contributed by atoms with Gasteiger partial charge in [-0.1, -0.05) is 52.0 Å². The third kappa shape index (κ3) is 11.5. The van der Waals surface area contributed by atoms with Crippen LogP contribution < -0.4 is 5.32 Å². The third-order valence-corrected chi connectivity index (χ3v) is 5.88. The Morgan fingerprint density at radius 2 is 1.61 bits per heavy atom. The molecule has 6 heteroatoms. The minimum Gasteiger partial charge on any atom is -0.326 e. The number of ketones is 3. The highest BCUT2D eigenvalue weighted by atomic mass is 19.1. The fourth-order valence-electron chi connectivity index (χ4n) is 3.62. The molecule has 196 valence electrons. The summed E-state index contributed by atoms with van der Waals surface area (Å²) in [5.74, 6) is 0.0518. The van der Waals surface area contributed by atoms with Crippen LogP contribution in [0.4, 0.5) is 10.1 Å². The van der Waals surface area contributed by atoms with Crippen LogP contribution in [0.2, 0.25) is 0 Å². The van der Waals surface area contributed by atoms with Crippen LogP contribution in [0.25, 0.3) is 0 Å². The average molecular weight is 498 g/mol. The number of amides is 1. The first-order valence-electron chi connectivity index (χ1n) is 12.8. The molecule has 0 aromatic heterocycles. The first kappa shape index (κ1) is 30.9. The van der Waals surface area contributed by atoms with Crippen molar-refractivity contribution >= 4 is 28.9 Å². The molecule has 36 heavy (non-hydrogen) atoms. The Hall–Kier alpha value is -3.15. The van der Waals surface area contributed by atoms with Gasteiger partial charge in [-0.3, -0.25) is 19.2 Å². The Morgan fingerprint density at radius 1 is 0.917 bits per heavy atom. The van der Waals surface area contributed by atoms with Crippen molar-refractivity contribution in [1.82, 2.24) is 0 Å². The average Bonchev–Trinajstić information content (AvgIpc) is 2.83. The Bertz CT molecular complexity index is 1030. The highest BCUT2D eigenvalue weighted by molar-refractivity contribution is 5.98. The maximum atomic E-state index is 13.1. The standard InChI is InChI=1S/C20H22FNO2.C10H18O2/c1-3-6-19(23)18-10-9-14(11-15(18)4-2)12-20(24)22-17-8-5-7-16(21)13-17;1-4-5-10(12)7-6-8(2)9(3)11/h5,7-11,13H,3-4,6,12H2,1-2H3,(H,22,24);8H,4-7H2,1-3H3. The monoisotopic (exact) mass is 497 g/mol. The predicted molar refractivity (Wildman–Crippen MR) is 143 cm³/mol. The highest BCUT2D eigenvalue weighted by Crippen LogP contribution is 2.17. The second-order valence-corrected chi connectivity index (χ2v) is 9.09. The van der Waals surface area contributed by atoms with Crippen molar-refractivity contribution < 1.29 is 23.6 Å². The van der Waals surface area contributed by atoms with E-state index in [9.17, 15) is 23.6 Å². The summed E-state index contributed by atoms with van der Waals surface area (Å²) >= 11 is 0. The molecule has 1 atom stereocenters. The van der Waals surface area contributed by atoms with Crippen LogP contribution in [0.15, 0.2) is 42.5 Å². The van der Waals surface area contributed by atoms with E-state index in [0.29, 0.717) is 31.4 Å². The van der Waals surface area contributed by atoms with Crippen LogP contribution in [-0.2, 0) is 27.2 Å². The summed E-state index contributed by atoms with van der Waals surface area (Å²) in [7, 11) is 0. The fourth-order valence-corrected chi connectivity index (χ4v) is 3.62. The summed E-state index contributed by atoms with van der Waals surface area (Å²) in [6, 6.07) is 11.3. The Balaban J connectivity index is 0.000000457. The number of hydrogen-bond acceptors (Lipinski definition) is 4. The molecule has 0 saturated carbocycles. The van der Waals surface area contributed by atoms with E-state index in [2.05, 4.69) is 5.32 Å². The SMILES string of the molecule is CCCC(=O)CCC(C)C(C)=O.CCCC(=O)c1ccc(CC(=O)Nc2cccc(F)c2)cc1CC. The van der Waals surface area contributed by atoms with Gasteiger partial charge in [-0.15, -0.1) is 0 Å². The molecule has 0 aliphatic carbocycles. The number of nitrogens with one attached hydrogen (secondary N) is 1. The minimum atomic E-state index is -0.389. The Labute approximate surface area is 214 Å². The van der Waals surface area contributed by atoms with E-state index in [1.54, 1.807) is 19.1 Å². The number of carbonyl (C=O) groups is 4.